The van der Waals surface area contributed by atoms with Gasteiger partial charge < -0.3 is 20.5 Å². The van der Waals surface area contributed by atoms with Crippen LogP contribution in [0.15, 0.2) is 72.8 Å². The highest BCUT2D eigenvalue weighted by atomic mass is 127. The number of hydrogen-bond acceptors (Lipinski definition) is 5. The van der Waals surface area contributed by atoms with Crippen LogP contribution in [0.2, 0.25) is 0 Å². The van der Waals surface area contributed by atoms with Crippen molar-refractivity contribution in [3.05, 3.63) is 98.6 Å². The van der Waals surface area contributed by atoms with E-state index < -0.39 is 23.9 Å². The van der Waals surface area contributed by atoms with Crippen molar-refractivity contribution in [1.29, 1.82) is 0 Å². The van der Waals surface area contributed by atoms with E-state index in [2.05, 4.69) is 33.2 Å². The van der Waals surface area contributed by atoms with E-state index in [4.69, 9.17) is 4.74 Å². The monoisotopic (exact) mass is 558 g/mol. The molecule has 8 heteroatoms. The molecule has 0 saturated carbocycles. The van der Waals surface area contributed by atoms with Gasteiger partial charge in [-0.1, -0.05) is 42.5 Å². The number of ether oxygens (including phenoxy) is 1. The zero-order chi connectivity index (χ0) is 23.8. The summed E-state index contributed by atoms with van der Waals surface area (Å²) in [6.45, 7) is 0.529. The first-order valence-corrected chi connectivity index (χ1v) is 11.2. The summed E-state index contributed by atoms with van der Waals surface area (Å²) >= 11 is 2.12. The van der Waals surface area contributed by atoms with E-state index in [1.165, 1.54) is 13.2 Å². The van der Waals surface area contributed by atoms with Crippen LogP contribution in [0.5, 0.6) is 0 Å². The van der Waals surface area contributed by atoms with E-state index in [1.807, 2.05) is 42.5 Å². The molecule has 3 aromatic carbocycles. The van der Waals surface area contributed by atoms with Gasteiger partial charge in [-0.05, 0) is 64.0 Å². The molecular weight excluding hydrogens is 535 g/mol. The molecule has 0 radical (unpaired) electrons. The van der Waals surface area contributed by atoms with Gasteiger partial charge >= 0.3 is 11.9 Å². The number of carboxylic acids is 1. The predicted molar refractivity (Wildman–Crippen MR) is 133 cm³/mol. The van der Waals surface area contributed by atoms with Crippen LogP contribution in [0.4, 0.5) is 5.69 Å². The normalized spacial score (nSPS) is 11.3. The summed E-state index contributed by atoms with van der Waals surface area (Å²) in [5.74, 6) is -2.03. The van der Waals surface area contributed by atoms with Crippen molar-refractivity contribution < 1.29 is 24.2 Å². The minimum absolute atomic E-state index is 0.277. The number of halogens is 1. The fourth-order valence-electron chi connectivity index (χ4n) is 3.31. The van der Waals surface area contributed by atoms with Crippen LogP contribution in [0.3, 0.4) is 0 Å². The van der Waals surface area contributed by atoms with Gasteiger partial charge in [-0.15, -0.1) is 0 Å². The highest BCUT2D eigenvalue weighted by Crippen LogP contribution is 2.24. The lowest BCUT2D eigenvalue weighted by molar-refractivity contribution is -0.137. The molecule has 0 heterocycles. The minimum Gasteiger partial charge on any atom is -0.481 e. The Kier molecular flexibility index (Phi) is 8.42. The van der Waals surface area contributed by atoms with Gasteiger partial charge in [-0.25, -0.2) is 4.79 Å². The Morgan fingerprint density at radius 3 is 2.45 bits per heavy atom. The molecule has 1 amide bonds. The van der Waals surface area contributed by atoms with E-state index >= 15 is 0 Å². The Bertz CT molecular complexity index is 1150. The van der Waals surface area contributed by atoms with Crippen molar-refractivity contribution in [1.82, 2.24) is 5.32 Å². The highest BCUT2D eigenvalue weighted by Gasteiger charge is 2.22. The number of rotatable bonds is 9. The summed E-state index contributed by atoms with van der Waals surface area (Å²) in [6.07, 6.45) is -0.340. The highest BCUT2D eigenvalue weighted by molar-refractivity contribution is 14.1. The SMILES string of the molecule is COC(=O)c1cccc(C(CC(=O)O)NC(=O)c2cc(I)ccc2NCc2ccccc2)c1. The van der Waals surface area contributed by atoms with Gasteiger partial charge in [0.2, 0.25) is 0 Å². The molecule has 3 N–H and O–H groups in total. The van der Waals surface area contributed by atoms with Crippen molar-refractivity contribution in [2.75, 3.05) is 12.4 Å². The van der Waals surface area contributed by atoms with Crippen molar-refractivity contribution >= 4 is 46.1 Å². The number of esters is 1. The Morgan fingerprint density at radius 2 is 1.76 bits per heavy atom. The number of hydrogen-bond donors (Lipinski definition) is 3. The van der Waals surface area contributed by atoms with E-state index in [0.717, 1.165) is 9.13 Å². The summed E-state index contributed by atoms with van der Waals surface area (Å²) in [4.78, 5) is 36.6. The smallest absolute Gasteiger partial charge is 0.337 e. The summed E-state index contributed by atoms with van der Waals surface area (Å²) in [5.41, 5.74) is 2.87. The summed E-state index contributed by atoms with van der Waals surface area (Å²) < 4.78 is 5.61. The second-order valence-electron chi connectivity index (χ2n) is 7.27. The number of anilines is 1. The molecule has 0 fully saturated rings. The molecule has 0 aromatic heterocycles. The first kappa shape index (κ1) is 24.2. The average Bonchev–Trinajstić information content (AvgIpc) is 2.82. The van der Waals surface area contributed by atoms with Crippen molar-refractivity contribution in [3.63, 3.8) is 0 Å². The molecule has 170 valence electrons. The summed E-state index contributed by atoms with van der Waals surface area (Å²) in [6, 6.07) is 20.8. The van der Waals surface area contributed by atoms with Crippen LogP contribution in [-0.2, 0) is 16.1 Å². The number of aliphatic carboxylic acids is 1. The zero-order valence-electron chi connectivity index (χ0n) is 17.9. The second kappa shape index (κ2) is 11.5. The van der Waals surface area contributed by atoms with Crippen LogP contribution in [0.25, 0.3) is 0 Å². The van der Waals surface area contributed by atoms with Crippen LogP contribution in [-0.4, -0.2) is 30.1 Å². The Hall–Kier alpha value is -3.40. The van der Waals surface area contributed by atoms with E-state index in [-0.39, 0.29) is 12.0 Å². The second-order valence-corrected chi connectivity index (χ2v) is 8.52. The van der Waals surface area contributed by atoms with Gasteiger partial charge in [-0.2, -0.15) is 0 Å². The topological polar surface area (TPSA) is 105 Å². The third kappa shape index (κ3) is 6.79. The van der Waals surface area contributed by atoms with Gasteiger partial charge in [-0.3, -0.25) is 9.59 Å². The Balaban J connectivity index is 1.85. The Labute approximate surface area is 205 Å². The predicted octanol–water partition coefficient (Wildman–Crippen LogP) is 4.64. The van der Waals surface area contributed by atoms with Gasteiger partial charge in [0.25, 0.3) is 5.91 Å². The standard InChI is InChI=1S/C25H23IN2O5/c1-33-25(32)18-9-5-8-17(12-18)22(14-23(29)30)28-24(31)20-13-19(26)10-11-21(20)27-15-16-6-3-2-4-7-16/h2-13,22,27H,14-15H2,1H3,(H,28,31)(H,29,30). The lowest BCUT2D eigenvalue weighted by Gasteiger charge is -2.20. The number of methoxy groups -OCH3 is 1. The van der Waals surface area contributed by atoms with Crippen LogP contribution in [0.1, 0.15) is 44.3 Å². The maximum atomic E-state index is 13.2. The van der Waals surface area contributed by atoms with Gasteiger partial charge in [0, 0.05) is 15.8 Å². The quantitative estimate of drug-likeness (QED) is 0.261. The lowest BCUT2D eigenvalue weighted by Crippen LogP contribution is -2.31. The summed E-state index contributed by atoms with van der Waals surface area (Å²) in [7, 11) is 1.27. The molecule has 0 aliphatic rings. The Morgan fingerprint density at radius 1 is 1.00 bits per heavy atom. The first-order valence-electron chi connectivity index (χ1n) is 10.2. The molecule has 0 spiro atoms. The molecule has 0 bridgehead atoms. The lowest BCUT2D eigenvalue weighted by atomic mass is 10.0. The fourth-order valence-corrected chi connectivity index (χ4v) is 3.81. The van der Waals surface area contributed by atoms with Crippen molar-refractivity contribution in [3.8, 4) is 0 Å². The van der Waals surface area contributed by atoms with Crippen LogP contribution >= 0.6 is 22.6 Å². The van der Waals surface area contributed by atoms with Crippen molar-refractivity contribution in [2.24, 2.45) is 0 Å². The number of amides is 1. The van der Waals surface area contributed by atoms with Gasteiger partial charge in [0.15, 0.2) is 0 Å². The van der Waals surface area contributed by atoms with Crippen LogP contribution in [0, 0.1) is 3.57 Å². The van der Waals surface area contributed by atoms with E-state index in [9.17, 15) is 19.5 Å². The number of carbonyl (C=O) groups is 3. The molecule has 3 rings (SSSR count). The fraction of sp³-hybridized carbons (Fsp3) is 0.160. The van der Waals surface area contributed by atoms with Crippen molar-refractivity contribution in [2.45, 2.75) is 19.0 Å². The molecule has 0 aliphatic heterocycles. The summed E-state index contributed by atoms with van der Waals surface area (Å²) in [5, 5.41) is 15.5. The van der Waals surface area contributed by atoms with E-state index in [1.54, 1.807) is 24.3 Å². The molecule has 7 nitrogen and oxygen atoms in total. The third-order valence-electron chi connectivity index (χ3n) is 4.95. The zero-order valence-corrected chi connectivity index (χ0v) is 20.0. The number of carboxylic acid groups (broad SMARTS) is 1. The number of benzene rings is 3. The van der Waals surface area contributed by atoms with Gasteiger partial charge in [0.05, 0.1) is 30.7 Å². The molecule has 1 unspecified atom stereocenters. The number of carbonyl (C=O) groups excluding carboxylic acids is 2. The molecule has 33 heavy (non-hydrogen) atoms. The van der Waals surface area contributed by atoms with Gasteiger partial charge in [0.1, 0.15) is 0 Å². The minimum atomic E-state index is -1.08. The number of nitrogens with one attached hydrogen (secondary N) is 2. The van der Waals surface area contributed by atoms with Crippen LogP contribution < -0.4 is 10.6 Å². The molecule has 3 aromatic rings. The third-order valence-corrected chi connectivity index (χ3v) is 5.62. The van der Waals surface area contributed by atoms with E-state index in [0.29, 0.717) is 23.4 Å². The molecule has 1 atom stereocenters. The largest absolute Gasteiger partial charge is 0.481 e. The maximum absolute atomic E-state index is 13.2. The molecule has 0 aliphatic carbocycles. The first-order chi connectivity index (χ1) is 15.9. The molecule has 0 saturated heterocycles. The average molecular weight is 558 g/mol. The maximum Gasteiger partial charge on any atom is 0.337 e. The molecular formula is C25H23IN2O5.